The lowest BCUT2D eigenvalue weighted by Crippen LogP contribution is -2.21. The van der Waals surface area contributed by atoms with Gasteiger partial charge in [0.1, 0.15) is 4.91 Å². The average Bonchev–Trinajstić information content (AvgIpc) is 2.86. The molecule has 0 N–H and O–H groups in total. The molecule has 0 fully saturated rings. The predicted octanol–water partition coefficient (Wildman–Crippen LogP) is 6.54. The molecule has 0 spiro atoms. The zero-order chi connectivity index (χ0) is 24.6. The van der Waals surface area contributed by atoms with Gasteiger partial charge in [0.25, 0.3) is 0 Å². The van der Waals surface area contributed by atoms with Crippen molar-refractivity contribution in [3.05, 3.63) is 83.9 Å². The smallest absolute Gasteiger partial charge is 0.347 e. The molecule has 0 radical (unpaired) electrons. The number of nitrogens with zero attached hydrogens (tertiary/aromatic N) is 1. The van der Waals surface area contributed by atoms with Gasteiger partial charge < -0.3 is 4.74 Å². The van der Waals surface area contributed by atoms with Crippen LogP contribution >= 0.6 is 0 Å². The summed E-state index contributed by atoms with van der Waals surface area (Å²) < 4.78 is 18.6. The highest BCUT2D eigenvalue weighted by Crippen LogP contribution is 2.18. The molecule has 1 amide bonds. The minimum Gasteiger partial charge on any atom is -0.462 e. The van der Waals surface area contributed by atoms with Crippen LogP contribution in [0.5, 0.6) is 0 Å². The summed E-state index contributed by atoms with van der Waals surface area (Å²) in [5.41, 5.74) is 0.701. The van der Waals surface area contributed by atoms with E-state index in [1.807, 2.05) is 36.4 Å². The number of hydrogen-bond donors (Lipinski definition) is 0. The van der Waals surface area contributed by atoms with Crippen molar-refractivity contribution in [3.63, 3.8) is 0 Å². The van der Waals surface area contributed by atoms with Crippen LogP contribution in [0, 0.1) is 0 Å². The Morgan fingerprint density at radius 3 is 2.09 bits per heavy atom. The molecule has 2 rings (SSSR count). The van der Waals surface area contributed by atoms with Crippen molar-refractivity contribution < 1.29 is 18.5 Å². The van der Waals surface area contributed by atoms with E-state index in [-0.39, 0.29) is 10.8 Å². The number of para-hydroxylation sites is 1. The first-order valence-corrected chi connectivity index (χ1v) is 13.1. The van der Waals surface area contributed by atoms with Gasteiger partial charge in [0.2, 0.25) is 5.91 Å². The maximum absolute atomic E-state index is 13.1. The summed E-state index contributed by atoms with van der Waals surface area (Å²) in [6.45, 7) is 3.95. The Morgan fingerprint density at radius 1 is 0.882 bits per heavy atom. The number of amides is 1. The quantitative estimate of drug-likeness (QED) is 0.133. The SMILES string of the molecule is CCCCCCCCCOC(=O)C(=CC=CN(C(C)=O)c1ccccc1)S(=O)c1ccccc1. The van der Waals surface area contributed by atoms with Gasteiger partial charge in [0.15, 0.2) is 0 Å². The van der Waals surface area contributed by atoms with Crippen LogP contribution < -0.4 is 4.90 Å². The molecule has 0 aliphatic carbocycles. The molecule has 0 bridgehead atoms. The van der Waals surface area contributed by atoms with Crippen LogP contribution in [-0.2, 0) is 25.1 Å². The van der Waals surface area contributed by atoms with Crippen LogP contribution in [0.1, 0.15) is 58.8 Å². The highest BCUT2D eigenvalue weighted by molar-refractivity contribution is 7.90. The molecule has 1 atom stereocenters. The first-order chi connectivity index (χ1) is 16.5. The van der Waals surface area contributed by atoms with Crippen molar-refractivity contribution in [1.29, 1.82) is 0 Å². The van der Waals surface area contributed by atoms with E-state index in [4.69, 9.17) is 4.74 Å². The lowest BCUT2D eigenvalue weighted by Gasteiger charge is -2.15. The molecule has 5 nitrogen and oxygen atoms in total. The van der Waals surface area contributed by atoms with Gasteiger partial charge in [-0.05, 0) is 42.8 Å². The van der Waals surface area contributed by atoms with Crippen molar-refractivity contribution in [2.45, 2.75) is 63.7 Å². The first kappa shape index (κ1) is 27.3. The van der Waals surface area contributed by atoms with Crippen LogP contribution in [0.4, 0.5) is 5.69 Å². The number of unbranched alkanes of at least 4 members (excludes halogenated alkanes) is 6. The summed E-state index contributed by atoms with van der Waals surface area (Å²) in [6.07, 6.45) is 12.4. The molecule has 0 saturated carbocycles. The highest BCUT2D eigenvalue weighted by Gasteiger charge is 2.19. The van der Waals surface area contributed by atoms with Gasteiger partial charge in [-0.1, -0.05) is 81.8 Å². The zero-order valence-electron chi connectivity index (χ0n) is 20.2. The van der Waals surface area contributed by atoms with Crippen LogP contribution in [0.25, 0.3) is 0 Å². The second-order valence-electron chi connectivity index (χ2n) is 7.94. The topological polar surface area (TPSA) is 63.7 Å². The standard InChI is InChI=1S/C28H35NO4S/c1-3-4-5-6-7-8-15-23-33-28(31)27(34(32)26-19-13-10-14-20-26)21-16-22-29(24(2)30)25-17-11-9-12-18-25/h9-14,16-22H,3-8,15,23H2,1-2H3. The fourth-order valence-electron chi connectivity index (χ4n) is 3.35. The van der Waals surface area contributed by atoms with Crippen molar-refractivity contribution in [2.75, 3.05) is 11.5 Å². The van der Waals surface area contributed by atoms with Crippen molar-refractivity contribution in [2.24, 2.45) is 0 Å². The Morgan fingerprint density at radius 2 is 1.47 bits per heavy atom. The fourth-order valence-corrected chi connectivity index (χ4v) is 4.42. The van der Waals surface area contributed by atoms with Crippen molar-refractivity contribution >= 4 is 28.4 Å². The predicted molar refractivity (Wildman–Crippen MR) is 139 cm³/mol. The summed E-state index contributed by atoms with van der Waals surface area (Å²) in [7, 11) is -1.70. The van der Waals surface area contributed by atoms with Crippen LogP contribution in [0.15, 0.2) is 88.8 Å². The first-order valence-electron chi connectivity index (χ1n) is 11.9. The van der Waals surface area contributed by atoms with Gasteiger partial charge in [-0.15, -0.1) is 0 Å². The summed E-state index contributed by atoms with van der Waals surface area (Å²) >= 11 is 0. The normalized spacial score (nSPS) is 12.5. The highest BCUT2D eigenvalue weighted by atomic mass is 32.2. The Balaban J connectivity index is 2.09. The minimum atomic E-state index is -1.70. The number of allylic oxidation sites excluding steroid dienone is 2. The van der Waals surface area contributed by atoms with E-state index in [2.05, 4.69) is 6.92 Å². The fraction of sp³-hybridized carbons (Fsp3) is 0.357. The number of esters is 1. The Bertz CT molecular complexity index is 970. The number of ether oxygens (including phenoxy) is 1. The van der Waals surface area contributed by atoms with Gasteiger partial charge in [-0.25, -0.2) is 9.00 Å². The Labute approximate surface area is 206 Å². The van der Waals surface area contributed by atoms with E-state index in [0.717, 1.165) is 19.3 Å². The maximum atomic E-state index is 13.1. The number of rotatable bonds is 14. The van der Waals surface area contributed by atoms with E-state index < -0.39 is 16.8 Å². The third-order valence-corrected chi connectivity index (χ3v) is 6.60. The Hall–Kier alpha value is -2.99. The van der Waals surface area contributed by atoms with Crippen molar-refractivity contribution in [3.8, 4) is 0 Å². The van der Waals surface area contributed by atoms with Crippen LogP contribution in [0.2, 0.25) is 0 Å². The molecule has 0 aliphatic rings. The monoisotopic (exact) mass is 481 g/mol. The molecule has 6 heteroatoms. The summed E-state index contributed by atoms with van der Waals surface area (Å²) in [5.74, 6) is -0.782. The molecular formula is C28H35NO4S. The van der Waals surface area contributed by atoms with Gasteiger partial charge >= 0.3 is 5.97 Å². The van der Waals surface area contributed by atoms with Gasteiger partial charge in [-0.3, -0.25) is 9.69 Å². The lowest BCUT2D eigenvalue weighted by atomic mass is 10.1. The number of anilines is 1. The molecule has 0 saturated heterocycles. The average molecular weight is 482 g/mol. The maximum Gasteiger partial charge on any atom is 0.347 e. The molecule has 2 aromatic carbocycles. The molecule has 34 heavy (non-hydrogen) atoms. The van der Waals surface area contributed by atoms with Gasteiger partial charge in [0.05, 0.1) is 17.4 Å². The van der Waals surface area contributed by atoms with Crippen molar-refractivity contribution in [1.82, 2.24) is 0 Å². The Kier molecular flexibility index (Phi) is 12.6. The van der Waals surface area contributed by atoms with E-state index >= 15 is 0 Å². The second kappa shape index (κ2) is 15.8. The summed E-state index contributed by atoms with van der Waals surface area (Å²) in [6, 6.07) is 18.0. The third-order valence-electron chi connectivity index (χ3n) is 5.20. The van der Waals surface area contributed by atoms with Crippen LogP contribution in [0.3, 0.4) is 0 Å². The van der Waals surface area contributed by atoms with E-state index in [1.165, 1.54) is 43.6 Å². The van der Waals surface area contributed by atoms with E-state index in [1.54, 1.807) is 36.5 Å². The molecule has 0 heterocycles. The van der Waals surface area contributed by atoms with Gasteiger partial charge in [0, 0.05) is 23.7 Å². The molecular weight excluding hydrogens is 446 g/mol. The number of carbonyl (C=O) groups excluding carboxylic acids is 2. The lowest BCUT2D eigenvalue weighted by molar-refractivity contribution is -0.138. The second-order valence-corrected chi connectivity index (χ2v) is 9.38. The number of benzene rings is 2. The number of hydrogen-bond acceptors (Lipinski definition) is 4. The summed E-state index contributed by atoms with van der Waals surface area (Å²) in [4.78, 5) is 26.9. The largest absolute Gasteiger partial charge is 0.462 e. The van der Waals surface area contributed by atoms with Gasteiger partial charge in [-0.2, -0.15) is 0 Å². The van der Waals surface area contributed by atoms with Crippen LogP contribution in [-0.4, -0.2) is 22.7 Å². The molecule has 1 unspecified atom stereocenters. The third kappa shape index (κ3) is 9.48. The van der Waals surface area contributed by atoms with E-state index in [9.17, 15) is 13.8 Å². The minimum absolute atomic E-state index is 0.0435. The molecule has 0 aliphatic heterocycles. The van der Waals surface area contributed by atoms with E-state index in [0.29, 0.717) is 17.2 Å². The summed E-state index contributed by atoms with van der Waals surface area (Å²) in [5, 5.41) is 0. The molecule has 2 aromatic rings. The molecule has 0 aromatic heterocycles. The molecule has 182 valence electrons. The zero-order valence-corrected chi connectivity index (χ0v) is 21.0. The number of carbonyl (C=O) groups is 2.